The van der Waals surface area contributed by atoms with Crippen LogP contribution in [0.3, 0.4) is 0 Å². The van der Waals surface area contributed by atoms with Crippen molar-refractivity contribution in [2.45, 2.75) is 20.3 Å². The number of benzene rings is 2. The van der Waals surface area contributed by atoms with Crippen molar-refractivity contribution in [3.05, 3.63) is 65.0 Å². The fourth-order valence-corrected chi connectivity index (χ4v) is 2.18. The molecular formula is C18H18FNO3. The summed E-state index contributed by atoms with van der Waals surface area (Å²) in [5, 5.41) is 2.77. The molecule has 0 spiro atoms. The number of nitrogens with one attached hydrogen (secondary N) is 1. The lowest BCUT2D eigenvalue weighted by Gasteiger charge is -2.13. The van der Waals surface area contributed by atoms with Gasteiger partial charge in [0.05, 0.1) is 5.56 Å². The number of carbonyl (C=O) groups excluding carboxylic acids is 2. The van der Waals surface area contributed by atoms with Crippen LogP contribution in [0.1, 0.15) is 28.4 Å². The third kappa shape index (κ3) is 4.39. The van der Waals surface area contributed by atoms with Crippen molar-refractivity contribution in [3.63, 3.8) is 0 Å². The minimum absolute atomic E-state index is 0.198. The summed E-state index contributed by atoms with van der Waals surface area (Å²) in [6.45, 7) is 3.51. The zero-order valence-electron chi connectivity index (χ0n) is 13.1. The van der Waals surface area contributed by atoms with Crippen molar-refractivity contribution >= 4 is 17.6 Å². The Kier molecular flexibility index (Phi) is 5.46. The van der Waals surface area contributed by atoms with Gasteiger partial charge in [-0.15, -0.1) is 0 Å². The number of rotatable bonds is 5. The second-order valence-electron chi connectivity index (χ2n) is 5.09. The summed E-state index contributed by atoms with van der Waals surface area (Å²) in [4.78, 5) is 23.8. The van der Waals surface area contributed by atoms with Gasteiger partial charge in [0, 0.05) is 5.69 Å². The zero-order chi connectivity index (χ0) is 16.8. The highest BCUT2D eigenvalue weighted by atomic mass is 19.1. The molecule has 2 aromatic carbocycles. The molecule has 1 amide bonds. The maximum atomic E-state index is 12.8. The number of ether oxygens (including phenoxy) is 1. The number of hydrogen-bond acceptors (Lipinski definition) is 3. The van der Waals surface area contributed by atoms with Crippen LogP contribution in [0.4, 0.5) is 10.1 Å². The van der Waals surface area contributed by atoms with Crippen molar-refractivity contribution in [3.8, 4) is 0 Å². The van der Waals surface area contributed by atoms with Crippen LogP contribution in [0, 0.1) is 12.7 Å². The van der Waals surface area contributed by atoms with Crippen molar-refractivity contribution in [2.24, 2.45) is 0 Å². The quantitative estimate of drug-likeness (QED) is 0.859. The average molecular weight is 315 g/mol. The number of para-hydroxylation sites is 1. The monoisotopic (exact) mass is 315 g/mol. The van der Waals surface area contributed by atoms with Gasteiger partial charge in [0.25, 0.3) is 5.91 Å². The van der Waals surface area contributed by atoms with Gasteiger partial charge in [-0.05, 0) is 48.7 Å². The Balaban J connectivity index is 1.95. The second-order valence-corrected chi connectivity index (χ2v) is 5.09. The highest BCUT2D eigenvalue weighted by molar-refractivity contribution is 5.96. The summed E-state index contributed by atoms with van der Waals surface area (Å²) in [7, 11) is 0. The molecule has 0 aliphatic rings. The Morgan fingerprint density at radius 3 is 2.48 bits per heavy atom. The summed E-state index contributed by atoms with van der Waals surface area (Å²) in [5.41, 5.74) is 2.91. The van der Waals surface area contributed by atoms with Gasteiger partial charge in [-0.3, -0.25) is 4.79 Å². The largest absolute Gasteiger partial charge is 0.452 e. The van der Waals surface area contributed by atoms with Gasteiger partial charge in [0.1, 0.15) is 5.82 Å². The number of carbonyl (C=O) groups is 2. The molecule has 0 aliphatic carbocycles. The van der Waals surface area contributed by atoms with Crippen LogP contribution in [-0.2, 0) is 16.0 Å². The molecule has 0 radical (unpaired) electrons. The fraction of sp³-hybridized carbons (Fsp3) is 0.222. The second kappa shape index (κ2) is 7.54. The molecule has 120 valence electrons. The molecule has 2 rings (SSSR count). The molecule has 0 heterocycles. The topological polar surface area (TPSA) is 55.4 Å². The molecule has 23 heavy (non-hydrogen) atoms. The van der Waals surface area contributed by atoms with E-state index in [2.05, 4.69) is 5.32 Å². The average Bonchev–Trinajstić information content (AvgIpc) is 2.55. The Morgan fingerprint density at radius 2 is 1.83 bits per heavy atom. The lowest BCUT2D eigenvalue weighted by atomic mass is 10.1. The van der Waals surface area contributed by atoms with Crippen LogP contribution >= 0.6 is 0 Å². The van der Waals surface area contributed by atoms with E-state index < -0.39 is 24.3 Å². The lowest BCUT2D eigenvalue weighted by molar-refractivity contribution is -0.119. The Hall–Kier alpha value is -2.69. The number of amides is 1. The molecule has 0 aromatic heterocycles. The third-order valence-electron chi connectivity index (χ3n) is 3.42. The molecular weight excluding hydrogens is 297 g/mol. The normalized spacial score (nSPS) is 10.2. The highest BCUT2D eigenvalue weighted by Gasteiger charge is 2.12. The molecule has 1 N–H and O–H groups in total. The van der Waals surface area contributed by atoms with E-state index in [0.29, 0.717) is 0 Å². The number of hydrogen-bond donors (Lipinski definition) is 1. The van der Waals surface area contributed by atoms with Crippen LogP contribution in [0.5, 0.6) is 0 Å². The molecule has 2 aromatic rings. The van der Waals surface area contributed by atoms with Crippen molar-refractivity contribution in [2.75, 3.05) is 11.9 Å². The number of anilines is 1. The maximum Gasteiger partial charge on any atom is 0.338 e. The van der Waals surface area contributed by atoms with Crippen LogP contribution < -0.4 is 5.32 Å². The van der Waals surface area contributed by atoms with E-state index in [-0.39, 0.29) is 5.56 Å². The molecule has 0 unspecified atom stereocenters. The standard InChI is InChI=1S/C18H18FNO3/c1-3-13-6-4-5-12(2)17(13)20-16(21)11-23-18(22)14-7-9-15(19)10-8-14/h4-10H,3,11H2,1-2H3,(H,20,21). The zero-order valence-corrected chi connectivity index (χ0v) is 13.1. The van der Waals surface area contributed by atoms with Crippen molar-refractivity contribution < 1.29 is 18.7 Å². The first kappa shape index (κ1) is 16.7. The fourth-order valence-electron chi connectivity index (χ4n) is 2.18. The molecule has 0 fully saturated rings. The van der Waals surface area contributed by atoms with Gasteiger partial charge in [-0.2, -0.15) is 0 Å². The van der Waals surface area contributed by atoms with Gasteiger partial charge in [0.2, 0.25) is 0 Å². The first-order valence-corrected chi connectivity index (χ1v) is 7.32. The van der Waals surface area contributed by atoms with E-state index in [1.54, 1.807) is 0 Å². The summed E-state index contributed by atoms with van der Waals surface area (Å²) in [6, 6.07) is 10.7. The Labute approximate surface area is 134 Å². The summed E-state index contributed by atoms with van der Waals surface area (Å²) >= 11 is 0. The number of esters is 1. The minimum atomic E-state index is -0.666. The molecule has 0 aliphatic heterocycles. The van der Waals surface area contributed by atoms with E-state index in [4.69, 9.17) is 4.74 Å². The third-order valence-corrected chi connectivity index (χ3v) is 3.42. The molecule has 0 saturated carbocycles. The molecule has 0 atom stereocenters. The van der Waals surface area contributed by atoms with Crippen molar-refractivity contribution in [1.29, 1.82) is 0 Å². The first-order valence-electron chi connectivity index (χ1n) is 7.32. The van der Waals surface area contributed by atoms with E-state index in [9.17, 15) is 14.0 Å². The smallest absolute Gasteiger partial charge is 0.338 e. The molecule has 0 saturated heterocycles. The van der Waals surface area contributed by atoms with Crippen LogP contribution in [0.25, 0.3) is 0 Å². The number of halogens is 1. The van der Waals surface area contributed by atoms with E-state index in [1.807, 2.05) is 32.0 Å². The van der Waals surface area contributed by atoms with E-state index in [1.165, 1.54) is 12.1 Å². The van der Waals surface area contributed by atoms with Gasteiger partial charge in [-0.25, -0.2) is 9.18 Å². The van der Waals surface area contributed by atoms with Gasteiger partial charge in [-0.1, -0.05) is 25.1 Å². The molecule has 0 bridgehead atoms. The highest BCUT2D eigenvalue weighted by Crippen LogP contribution is 2.20. The Bertz CT molecular complexity index is 711. The Morgan fingerprint density at radius 1 is 1.13 bits per heavy atom. The maximum absolute atomic E-state index is 12.8. The molecule has 4 nitrogen and oxygen atoms in total. The van der Waals surface area contributed by atoms with Gasteiger partial charge >= 0.3 is 5.97 Å². The van der Waals surface area contributed by atoms with E-state index in [0.717, 1.165) is 35.4 Å². The summed E-state index contributed by atoms with van der Waals surface area (Å²) in [5.74, 6) is -1.52. The number of aryl methyl sites for hydroxylation is 2. The summed E-state index contributed by atoms with van der Waals surface area (Å²) < 4.78 is 17.7. The lowest BCUT2D eigenvalue weighted by Crippen LogP contribution is -2.22. The van der Waals surface area contributed by atoms with Crippen LogP contribution in [0.2, 0.25) is 0 Å². The SMILES string of the molecule is CCc1cccc(C)c1NC(=O)COC(=O)c1ccc(F)cc1. The predicted octanol–water partition coefficient (Wildman–Crippen LogP) is 3.49. The predicted molar refractivity (Wildman–Crippen MR) is 85.9 cm³/mol. The minimum Gasteiger partial charge on any atom is -0.452 e. The van der Waals surface area contributed by atoms with E-state index >= 15 is 0 Å². The van der Waals surface area contributed by atoms with Crippen molar-refractivity contribution in [1.82, 2.24) is 0 Å². The van der Waals surface area contributed by atoms with Gasteiger partial charge in [0.15, 0.2) is 6.61 Å². The molecule has 5 heteroatoms. The van der Waals surface area contributed by atoms with Gasteiger partial charge < -0.3 is 10.1 Å². The first-order chi connectivity index (χ1) is 11.0. The van der Waals surface area contributed by atoms with Crippen LogP contribution in [0.15, 0.2) is 42.5 Å². The summed E-state index contributed by atoms with van der Waals surface area (Å²) in [6.07, 6.45) is 0.784. The van der Waals surface area contributed by atoms with Crippen LogP contribution in [-0.4, -0.2) is 18.5 Å².